The van der Waals surface area contributed by atoms with E-state index in [9.17, 15) is 8.42 Å². The van der Waals surface area contributed by atoms with Crippen molar-refractivity contribution in [2.24, 2.45) is 5.92 Å². The van der Waals surface area contributed by atoms with E-state index < -0.39 is 10.0 Å². The fraction of sp³-hybridized carbons (Fsp3) is 1.00. The van der Waals surface area contributed by atoms with Crippen LogP contribution in [0.1, 0.15) is 19.3 Å². The van der Waals surface area contributed by atoms with Gasteiger partial charge in [-0.15, -0.1) is 11.6 Å². The zero-order valence-corrected chi connectivity index (χ0v) is 12.1. The molecule has 1 rings (SSSR count). The molecule has 6 heteroatoms. The molecule has 1 aliphatic rings. The van der Waals surface area contributed by atoms with Gasteiger partial charge in [0.2, 0.25) is 10.0 Å². The van der Waals surface area contributed by atoms with Crippen molar-refractivity contribution in [3.63, 3.8) is 0 Å². The van der Waals surface area contributed by atoms with Crippen molar-refractivity contribution in [3.05, 3.63) is 0 Å². The molecule has 1 fully saturated rings. The summed E-state index contributed by atoms with van der Waals surface area (Å²) in [5.41, 5.74) is 0. The molecule has 1 heterocycles. The van der Waals surface area contributed by atoms with Gasteiger partial charge in [-0.25, -0.2) is 12.7 Å². The van der Waals surface area contributed by atoms with Gasteiger partial charge < -0.3 is 0 Å². The molecule has 0 aromatic carbocycles. The average molecular weight is 286 g/mol. The molecule has 1 aliphatic heterocycles. The zero-order valence-electron chi connectivity index (χ0n) is 9.69. The van der Waals surface area contributed by atoms with E-state index >= 15 is 0 Å². The van der Waals surface area contributed by atoms with E-state index in [4.69, 9.17) is 11.6 Å². The Kier molecular flexibility index (Phi) is 6.47. The Labute approximate surface area is 108 Å². The van der Waals surface area contributed by atoms with Crippen LogP contribution in [0.5, 0.6) is 0 Å². The number of sulfonamides is 1. The molecule has 1 saturated heterocycles. The Morgan fingerprint density at radius 2 is 2.25 bits per heavy atom. The maximum Gasteiger partial charge on any atom is 0.211 e. The Morgan fingerprint density at radius 1 is 1.50 bits per heavy atom. The molecule has 0 aliphatic carbocycles. The Balaban J connectivity index is 2.28. The second-order valence-corrected chi connectivity index (χ2v) is 7.76. The van der Waals surface area contributed by atoms with E-state index in [1.165, 1.54) is 6.26 Å². The molecule has 96 valence electrons. The molecule has 0 saturated carbocycles. The predicted octanol–water partition coefficient (Wildman–Crippen LogP) is 2.02. The topological polar surface area (TPSA) is 37.4 Å². The molecule has 0 aromatic rings. The molecular weight excluding hydrogens is 266 g/mol. The summed E-state index contributed by atoms with van der Waals surface area (Å²) in [4.78, 5) is 0. The summed E-state index contributed by atoms with van der Waals surface area (Å²) in [6.07, 6.45) is 4.48. The van der Waals surface area contributed by atoms with Gasteiger partial charge in [0.25, 0.3) is 0 Å². The fourth-order valence-electron chi connectivity index (χ4n) is 1.87. The predicted molar refractivity (Wildman–Crippen MR) is 71.8 cm³/mol. The molecule has 0 radical (unpaired) electrons. The van der Waals surface area contributed by atoms with Gasteiger partial charge in [0.15, 0.2) is 0 Å². The SMILES string of the molecule is CS(=O)(=O)N1CCCC(CSCCCCl)C1. The Bertz CT molecular complexity index is 295. The Morgan fingerprint density at radius 3 is 2.88 bits per heavy atom. The average Bonchev–Trinajstić information content (AvgIpc) is 2.24. The molecule has 0 bridgehead atoms. The summed E-state index contributed by atoms with van der Waals surface area (Å²) in [6.45, 7) is 1.40. The lowest BCUT2D eigenvalue weighted by Crippen LogP contribution is -2.39. The first-order valence-corrected chi connectivity index (χ1v) is 9.16. The van der Waals surface area contributed by atoms with E-state index in [1.54, 1.807) is 4.31 Å². The van der Waals surface area contributed by atoms with Gasteiger partial charge in [0, 0.05) is 19.0 Å². The lowest BCUT2D eigenvalue weighted by atomic mass is 10.0. The van der Waals surface area contributed by atoms with Gasteiger partial charge in [-0.05, 0) is 36.7 Å². The van der Waals surface area contributed by atoms with Crippen LogP contribution in [0, 0.1) is 5.92 Å². The van der Waals surface area contributed by atoms with Crippen LogP contribution in [0.25, 0.3) is 0 Å². The largest absolute Gasteiger partial charge is 0.213 e. The lowest BCUT2D eigenvalue weighted by molar-refractivity contribution is 0.286. The van der Waals surface area contributed by atoms with Crippen LogP contribution < -0.4 is 0 Å². The van der Waals surface area contributed by atoms with Crippen LogP contribution >= 0.6 is 23.4 Å². The molecule has 16 heavy (non-hydrogen) atoms. The van der Waals surface area contributed by atoms with Crippen LogP contribution in [0.15, 0.2) is 0 Å². The number of nitrogens with zero attached hydrogens (tertiary/aromatic N) is 1. The van der Waals surface area contributed by atoms with Gasteiger partial charge in [0.1, 0.15) is 0 Å². The van der Waals surface area contributed by atoms with E-state index in [0.717, 1.165) is 30.8 Å². The molecule has 1 atom stereocenters. The van der Waals surface area contributed by atoms with Gasteiger partial charge in [-0.3, -0.25) is 0 Å². The Hall–Kier alpha value is 0.550. The van der Waals surface area contributed by atoms with E-state index in [-0.39, 0.29) is 0 Å². The van der Waals surface area contributed by atoms with E-state index in [0.29, 0.717) is 24.9 Å². The van der Waals surface area contributed by atoms with Crippen molar-refractivity contribution in [2.75, 3.05) is 36.7 Å². The van der Waals surface area contributed by atoms with Crippen molar-refractivity contribution in [1.82, 2.24) is 4.31 Å². The van der Waals surface area contributed by atoms with Gasteiger partial charge in [-0.1, -0.05) is 0 Å². The summed E-state index contributed by atoms with van der Waals surface area (Å²) in [5.74, 6) is 3.37. The van der Waals surface area contributed by atoms with Crippen molar-refractivity contribution in [1.29, 1.82) is 0 Å². The molecule has 3 nitrogen and oxygen atoms in total. The smallest absolute Gasteiger partial charge is 0.211 e. The minimum absolute atomic E-state index is 0.517. The fourth-order valence-corrected chi connectivity index (χ4v) is 4.23. The van der Waals surface area contributed by atoms with Crippen LogP contribution in [0.4, 0.5) is 0 Å². The molecule has 0 spiro atoms. The van der Waals surface area contributed by atoms with Crippen molar-refractivity contribution < 1.29 is 8.42 Å². The van der Waals surface area contributed by atoms with Crippen LogP contribution in [0.2, 0.25) is 0 Å². The zero-order chi connectivity index (χ0) is 12.0. The highest BCUT2D eigenvalue weighted by atomic mass is 35.5. The van der Waals surface area contributed by atoms with Crippen LogP contribution in [-0.4, -0.2) is 49.5 Å². The number of halogens is 1. The number of thioether (sulfide) groups is 1. The van der Waals surface area contributed by atoms with Gasteiger partial charge in [0.05, 0.1) is 6.26 Å². The summed E-state index contributed by atoms with van der Waals surface area (Å²) in [5, 5.41) is 0. The number of alkyl halides is 1. The number of piperidine rings is 1. The summed E-state index contributed by atoms with van der Waals surface area (Å²) in [7, 11) is -2.99. The number of hydrogen-bond donors (Lipinski definition) is 0. The lowest BCUT2D eigenvalue weighted by Gasteiger charge is -2.30. The maximum atomic E-state index is 11.4. The third kappa shape index (κ3) is 5.25. The number of hydrogen-bond acceptors (Lipinski definition) is 3. The van der Waals surface area contributed by atoms with Gasteiger partial charge in [-0.2, -0.15) is 11.8 Å². The first-order valence-electron chi connectivity index (χ1n) is 5.63. The second-order valence-electron chi connectivity index (χ2n) is 4.25. The number of rotatable bonds is 6. The van der Waals surface area contributed by atoms with Crippen LogP contribution in [0.3, 0.4) is 0 Å². The molecule has 0 amide bonds. The first-order chi connectivity index (χ1) is 7.54. The van der Waals surface area contributed by atoms with Gasteiger partial charge >= 0.3 is 0 Å². The molecule has 0 aromatic heterocycles. The molecule has 1 unspecified atom stereocenters. The quantitative estimate of drug-likeness (QED) is 0.553. The van der Waals surface area contributed by atoms with E-state index in [2.05, 4.69) is 0 Å². The monoisotopic (exact) mass is 285 g/mol. The standard InChI is InChI=1S/C10H20ClNO2S2/c1-16(13,14)12-6-2-4-10(8-12)9-15-7-3-5-11/h10H,2-9H2,1H3. The van der Waals surface area contributed by atoms with Crippen molar-refractivity contribution in [2.45, 2.75) is 19.3 Å². The first kappa shape index (κ1) is 14.6. The third-order valence-electron chi connectivity index (χ3n) is 2.73. The highest BCUT2D eigenvalue weighted by molar-refractivity contribution is 7.99. The summed E-state index contributed by atoms with van der Waals surface area (Å²) in [6, 6.07) is 0. The summed E-state index contributed by atoms with van der Waals surface area (Å²) >= 11 is 7.50. The minimum atomic E-state index is -2.99. The third-order valence-corrected chi connectivity index (χ3v) is 5.55. The molecule has 0 N–H and O–H groups in total. The molecular formula is C10H20ClNO2S2. The highest BCUT2D eigenvalue weighted by Gasteiger charge is 2.25. The summed E-state index contributed by atoms with van der Waals surface area (Å²) < 4.78 is 24.4. The minimum Gasteiger partial charge on any atom is -0.213 e. The highest BCUT2D eigenvalue weighted by Crippen LogP contribution is 2.22. The second kappa shape index (κ2) is 7.09. The van der Waals surface area contributed by atoms with Crippen molar-refractivity contribution in [3.8, 4) is 0 Å². The normalized spacial score (nSPS) is 23.5. The van der Waals surface area contributed by atoms with Crippen molar-refractivity contribution >= 4 is 33.4 Å². The van der Waals surface area contributed by atoms with E-state index in [1.807, 2.05) is 11.8 Å². The maximum absolute atomic E-state index is 11.4. The van der Waals surface area contributed by atoms with Crippen LogP contribution in [-0.2, 0) is 10.0 Å².